The van der Waals surface area contributed by atoms with E-state index in [4.69, 9.17) is 0 Å². The molecule has 5 nitrogen and oxygen atoms in total. The predicted octanol–water partition coefficient (Wildman–Crippen LogP) is 0.0297. The van der Waals surface area contributed by atoms with Gasteiger partial charge in [-0.05, 0) is 6.92 Å². The van der Waals surface area contributed by atoms with Crippen LogP contribution in [0, 0.1) is 0 Å². The van der Waals surface area contributed by atoms with Crippen molar-refractivity contribution in [2.24, 2.45) is 0 Å². The lowest BCUT2D eigenvalue weighted by molar-refractivity contribution is -0.180. The molecule has 0 bridgehead atoms. The van der Waals surface area contributed by atoms with E-state index >= 15 is 0 Å². The van der Waals surface area contributed by atoms with Gasteiger partial charge in [-0.1, -0.05) is 12.2 Å². The summed E-state index contributed by atoms with van der Waals surface area (Å²) in [5.41, 5.74) is -1.81. The SMILES string of the molecule is C=C(C)CC(O)(C(=O)OC)C(=O)OC. The van der Waals surface area contributed by atoms with Gasteiger partial charge in [0.2, 0.25) is 0 Å². The Bertz CT molecular complexity index is 240. The molecule has 0 unspecified atom stereocenters. The highest BCUT2D eigenvalue weighted by Crippen LogP contribution is 2.18. The summed E-state index contributed by atoms with van der Waals surface area (Å²) in [6.45, 7) is 5.08. The quantitative estimate of drug-likeness (QED) is 0.395. The van der Waals surface area contributed by atoms with Gasteiger partial charge in [0, 0.05) is 6.42 Å². The van der Waals surface area contributed by atoms with Gasteiger partial charge in [-0.3, -0.25) is 0 Å². The minimum Gasteiger partial charge on any atom is -0.466 e. The summed E-state index contributed by atoms with van der Waals surface area (Å²) in [5, 5.41) is 9.71. The largest absolute Gasteiger partial charge is 0.466 e. The maximum absolute atomic E-state index is 11.2. The molecule has 0 heterocycles. The molecular weight excluding hydrogens is 188 g/mol. The van der Waals surface area contributed by atoms with Gasteiger partial charge < -0.3 is 14.6 Å². The van der Waals surface area contributed by atoms with Crippen LogP contribution in [0.5, 0.6) is 0 Å². The fourth-order valence-electron chi connectivity index (χ4n) is 1.00. The topological polar surface area (TPSA) is 72.8 Å². The molecule has 0 aliphatic rings. The number of aliphatic hydroxyl groups is 1. The monoisotopic (exact) mass is 202 g/mol. The summed E-state index contributed by atoms with van der Waals surface area (Å²) in [7, 11) is 2.16. The molecule has 0 saturated carbocycles. The molecule has 0 rings (SSSR count). The molecule has 0 aromatic carbocycles. The number of rotatable bonds is 4. The zero-order valence-corrected chi connectivity index (χ0v) is 8.49. The molecule has 0 saturated heterocycles. The number of hydrogen-bond donors (Lipinski definition) is 1. The molecule has 0 aliphatic heterocycles. The maximum Gasteiger partial charge on any atom is 0.350 e. The molecule has 0 aliphatic carbocycles. The third-order valence-corrected chi connectivity index (χ3v) is 1.60. The van der Waals surface area contributed by atoms with E-state index in [1.54, 1.807) is 6.92 Å². The summed E-state index contributed by atoms with van der Waals surface area (Å²) in [6, 6.07) is 0. The summed E-state index contributed by atoms with van der Waals surface area (Å²) < 4.78 is 8.62. The van der Waals surface area contributed by atoms with Crippen LogP contribution in [0.25, 0.3) is 0 Å². The lowest BCUT2D eigenvalue weighted by Crippen LogP contribution is -2.48. The van der Waals surface area contributed by atoms with Crippen molar-refractivity contribution in [1.82, 2.24) is 0 Å². The smallest absolute Gasteiger partial charge is 0.350 e. The van der Waals surface area contributed by atoms with Crippen LogP contribution in [0.15, 0.2) is 12.2 Å². The third kappa shape index (κ3) is 2.56. The van der Waals surface area contributed by atoms with E-state index in [9.17, 15) is 14.7 Å². The normalized spacial score (nSPS) is 10.6. The standard InChI is InChI=1S/C9H14O5/c1-6(2)5-9(12,7(10)13-3)8(11)14-4/h12H,1,5H2,2-4H3. The highest BCUT2D eigenvalue weighted by Gasteiger charge is 2.46. The zero-order valence-electron chi connectivity index (χ0n) is 8.49. The van der Waals surface area contributed by atoms with Crippen LogP contribution < -0.4 is 0 Å². The first-order chi connectivity index (χ1) is 6.38. The summed E-state index contributed by atoms with van der Waals surface area (Å²) >= 11 is 0. The van der Waals surface area contributed by atoms with E-state index in [1.165, 1.54) is 0 Å². The van der Waals surface area contributed by atoms with Crippen LogP contribution in [0.3, 0.4) is 0 Å². The van der Waals surface area contributed by atoms with Gasteiger partial charge in [0.1, 0.15) is 0 Å². The predicted molar refractivity (Wildman–Crippen MR) is 48.4 cm³/mol. The number of methoxy groups -OCH3 is 2. The first-order valence-electron chi connectivity index (χ1n) is 3.92. The van der Waals surface area contributed by atoms with Gasteiger partial charge in [-0.15, -0.1) is 0 Å². The second-order valence-corrected chi connectivity index (χ2v) is 2.98. The molecule has 0 radical (unpaired) electrons. The second kappa shape index (κ2) is 4.76. The summed E-state index contributed by atoms with van der Waals surface area (Å²) in [6.07, 6.45) is -0.216. The molecule has 0 amide bonds. The second-order valence-electron chi connectivity index (χ2n) is 2.98. The molecule has 0 aromatic heterocycles. The Morgan fingerprint density at radius 1 is 1.29 bits per heavy atom. The van der Waals surface area contributed by atoms with Crippen molar-refractivity contribution in [3.63, 3.8) is 0 Å². The van der Waals surface area contributed by atoms with Crippen LogP contribution >= 0.6 is 0 Å². The minimum absolute atomic E-state index is 0.216. The van der Waals surface area contributed by atoms with Gasteiger partial charge in [-0.25, -0.2) is 9.59 Å². The molecule has 5 heteroatoms. The highest BCUT2D eigenvalue weighted by molar-refractivity contribution is 6.03. The fraction of sp³-hybridized carbons (Fsp3) is 0.556. The molecule has 80 valence electrons. The van der Waals surface area contributed by atoms with Crippen molar-refractivity contribution in [3.8, 4) is 0 Å². The van der Waals surface area contributed by atoms with Crippen LogP contribution in [0.4, 0.5) is 0 Å². The average Bonchev–Trinajstić information content (AvgIpc) is 2.13. The number of carbonyl (C=O) groups is 2. The number of hydrogen-bond acceptors (Lipinski definition) is 5. The van der Waals surface area contributed by atoms with Crippen molar-refractivity contribution in [2.75, 3.05) is 14.2 Å². The number of ether oxygens (including phenoxy) is 2. The van der Waals surface area contributed by atoms with Crippen LogP contribution in [-0.2, 0) is 19.1 Å². The Hall–Kier alpha value is -1.36. The van der Waals surface area contributed by atoms with E-state index in [0.717, 1.165) is 14.2 Å². The molecular formula is C9H14O5. The third-order valence-electron chi connectivity index (χ3n) is 1.60. The Labute approximate surface area is 82.3 Å². The van der Waals surface area contributed by atoms with Crippen LogP contribution in [-0.4, -0.2) is 36.9 Å². The summed E-state index contributed by atoms with van der Waals surface area (Å²) in [4.78, 5) is 22.3. The lowest BCUT2D eigenvalue weighted by atomic mass is 9.96. The Balaban J connectivity index is 4.93. The van der Waals surface area contributed by atoms with Gasteiger partial charge in [0.25, 0.3) is 5.60 Å². The van der Waals surface area contributed by atoms with Gasteiger partial charge in [-0.2, -0.15) is 0 Å². The minimum atomic E-state index is -2.28. The molecule has 0 atom stereocenters. The molecule has 0 aromatic rings. The van der Waals surface area contributed by atoms with Gasteiger partial charge >= 0.3 is 11.9 Å². The van der Waals surface area contributed by atoms with E-state index in [0.29, 0.717) is 5.57 Å². The zero-order chi connectivity index (χ0) is 11.4. The Morgan fingerprint density at radius 3 is 1.86 bits per heavy atom. The lowest BCUT2D eigenvalue weighted by Gasteiger charge is -2.21. The molecule has 0 fully saturated rings. The van der Waals surface area contributed by atoms with Gasteiger partial charge in [0.05, 0.1) is 14.2 Å². The first-order valence-corrected chi connectivity index (χ1v) is 3.92. The van der Waals surface area contributed by atoms with Crippen molar-refractivity contribution in [3.05, 3.63) is 12.2 Å². The van der Waals surface area contributed by atoms with E-state index in [1.807, 2.05) is 0 Å². The fourth-order valence-corrected chi connectivity index (χ4v) is 1.00. The Morgan fingerprint density at radius 2 is 1.64 bits per heavy atom. The molecule has 1 N–H and O–H groups in total. The number of carbonyl (C=O) groups excluding carboxylic acids is 2. The van der Waals surface area contributed by atoms with Crippen LogP contribution in [0.1, 0.15) is 13.3 Å². The molecule has 14 heavy (non-hydrogen) atoms. The van der Waals surface area contributed by atoms with Crippen molar-refractivity contribution in [2.45, 2.75) is 18.9 Å². The van der Waals surface area contributed by atoms with Crippen molar-refractivity contribution < 1.29 is 24.2 Å². The van der Waals surface area contributed by atoms with Gasteiger partial charge in [0.15, 0.2) is 0 Å². The number of esters is 2. The van der Waals surface area contributed by atoms with E-state index in [-0.39, 0.29) is 6.42 Å². The Kier molecular flexibility index (Phi) is 4.30. The first kappa shape index (κ1) is 12.6. The average molecular weight is 202 g/mol. The summed E-state index contributed by atoms with van der Waals surface area (Å²) in [5.74, 6) is -2.10. The highest BCUT2D eigenvalue weighted by atomic mass is 16.6. The van der Waals surface area contributed by atoms with Crippen molar-refractivity contribution >= 4 is 11.9 Å². The van der Waals surface area contributed by atoms with E-state index in [2.05, 4.69) is 16.1 Å². The molecule has 0 spiro atoms. The van der Waals surface area contributed by atoms with E-state index < -0.39 is 17.5 Å². The van der Waals surface area contributed by atoms with Crippen LogP contribution in [0.2, 0.25) is 0 Å². The van der Waals surface area contributed by atoms with Crippen molar-refractivity contribution in [1.29, 1.82) is 0 Å². The maximum atomic E-state index is 11.2.